The van der Waals surface area contributed by atoms with Crippen LogP contribution in [0.15, 0.2) is 30.3 Å². The van der Waals surface area contributed by atoms with E-state index in [1.54, 1.807) is 0 Å². The molecule has 3 atom stereocenters. The first kappa shape index (κ1) is 12.6. The summed E-state index contributed by atoms with van der Waals surface area (Å²) in [6.45, 7) is 3.20. The molecule has 0 saturated carbocycles. The zero-order chi connectivity index (χ0) is 12.1. The number of piperidine rings is 1. The summed E-state index contributed by atoms with van der Waals surface area (Å²) in [5.41, 5.74) is 1.31. The van der Waals surface area contributed by atoms with Crippen LogP contribution >= 0.6 is 0 Å². The molecule has 94 valence electrons. The fourth-order valence-electron chi connectivity index (χ4n) is 2.86. The molecule has 2 rings (SSSR count). The normalized spacial score (nSPS) is 26.7. The maximum atomic E-state index is 10.3. The molecule has 2 N–H and O–H groups in total. The predicted octanol–water partition coefficient (Wildman–Crippen LogP) is 2.89. The monoisotopic (exact) mass is 233 g/mol. The minimum atomic E-state index is -0.169. The van der Waals surface area contributed by atoms with Gasteiger partial charge in [-0.3, -0.25) is 0 Å². The highest BCUT2D eigenvalue weighted by atomic mass is 16.3. The summed E-state index contributed by atoms with van der Waals surface area (Å²) in [7, 11) is 0. The molecule has 2 heteroatoms. The quantitative estimate of drug-likeness (QED) is 0.838. The zero-order valence-electron chi connectivity index (χ0n) is 10.6. The van der Waals surface area contributed by atoms with Crippen molar-refractivity contribution in [1.29, 1.82) is 0 Å². The molecule has 2 nitrogen and oxygen atoms in total. The molecule has 0 aliphatic carbocycles. The maximum Gasteiger partial charge on any atom is 0.0586 e. The molecule has 1 aliphatic heterocycles. The fourth-order valence-corrected chi connectivity index (χ4v) is 2.86. The Morgan fingerprint density at radius 3 is 2.82 bits per heavy atom. The van der Waals surface area contributed by atoms with Crippen molar-refractivity contribution < 1.29 is 5.11 Å². The number of aliphatic hydroxyl groups excluding tert-OH is 1. The van der Waals surface area contributed by atoms with Crippen molar-refractivity contribution >= 4 is 0 Å². The van der Waals surface area contributed by atoms with Crippen molar-refractivity contribution in [2.24, 2.45) is 5.92 Å². The summed E-state index contributed by atoms with van der Waals surface area (Å²) >= 11 is 0. The molecule has 17 heavy (non-hydrogen) atoms. The predicted molar refractivity (Wildman–Crippen MR) is 70.8 cm³/mol. The number of nitrogens with one attached hydrogen (secondary N) is 1. The molecule has 0 amide bonds. The molecule has 0 aromatic heterocycles. The molecule has 0 radical (unpaired) electrons. The highest BCUT2D eigenvalue weighted by Crippen LogP contribution is 2.33. The van der Waals surface area contributed by atoms with E-state index in [9.17, 15) is 5.11 Å². The zero-order valence-corrected chi connectivity index (χ0v) is 10.6. The van der Waals surface area contributed by atoms with E-state index in [1.807, 2.05) is 6.07 Å². The van der Waals surface area contributed by atoms with Gasteiger partial charge in [-0.2, -0.15) is 0 Å². The summed E-state index contributed by atoms with van der Waals surface area (Å²) in [6, 6.07) is 10.9. The molecule has 1 aromatic carbocycles. The smallest absolute Gasteiger partial charge is 0.0586 e. The molecular weight excluding hydrogens is 210 g/mol. The standard InChI is InChI=1S/C15H23NO/c1-2-7-14(17)13-10-6-11-16-15(13)12-8-4-3-5-9-12/h3-5,8-9,13-17H,2,6-7,10-11H2,1H3/t13-,14+,15+/m0/s1. The van der Waals surface area contributed by atoms with Gasteiger partial charge >= 0.3 is 0 Å². The lowest BCUT2D eigenvalue weighted by Gasteiger charge is -2.36. The Morgan fingerprint density at radius 2 is 2.12 bits per heavy atom. The second-order valence-electron chi connectivity index (χ2n) is 5.00. The van der Waals surface area contributed by atoms with E-state index in [0.717, 1.165) is 25.8 Å². The summed E-state index contributed by atoms with van der Waals surface area (Å²) in [4.78, 5) is 0. The van der Waals surface area contributed by atoms with E-state index in [1.165, 1.54) is 12.0 Å². The van der Waals surface area contributed by atoms with Crippen molar-refractivity contribution in [3.8, 4) is 0 Å². The minimum Gasteiger partial charge on any atom is -0.393 e. The number of hydrogen-bond donors (Lipinski definition) is 2. The van der Waals surface area contributed by atoms with Crippen molar-refractivity contribution in [2.45, 2.75) is 44.8 Å². The Kier molecular flexibility index (Phi) is 4.57. The van der Waals surface area contributed by atoms with Gasteiger partial charge in [0.1, 0.15) is 0 Å². The van der Waals surface area contributed by atoms with Gasteiger partial charge in [-0.15, -0.1) is 0 Å². The topological polar surface area (TPSA) is 32.3 Å². The number of hydrogen-bond acceptors (Lipinski definition) is 2. The Morgan fingerprint density at radius 1 is 1.35 bits per heavy atom. The van der Waals surface area contributed by atoms with Gasteiger partial charge in [0.15, 0.2) is 0 Å². The van der Waals surface area contributed by atoms with Crippen molar-refractivity contribution in [1.82, 2.24) is 5.32 Å². The molecule has 1 fully saturated rings. The second kappa shape index (κ2) is 6.18. The summed E-state index contributed by atoms with van der Waals surface area (Å²) < 4.78 is 0. The van der Waals surface area contributed by atoms with Crippen LogP contribution in [0.3, 0.4) is 0 Å². The Labute approximate surface area is 104 Å². The molecule has 1 aromatic rings. The first-order valence-corrected chi connectivity index (χ1v) is 6.79. The summed E-state index contributed by atoms with van der Waals surface area (Å²) in [5, 5.41) is 13.8. The van der Waals surface area contributed by atoms with Crippen LogP contribution in [0.4, 0.5) is 0 Å². The van der Waals surface area contributed by atoms with E-state index >= 15 is 0 Å². The highest BCUT2D eigenvalue weighted by molar-refractivity contribution is 5.20. The highest BCUT2D eigenvalue weighted by Gasteiger charge is 2.30. The largest absolute Gasteiger partial charge is 0.393 e. The van der Waals surface area contributed by atoms with Gasteiger partial charge in [-0.25, -0.2) is 0 Å². The molecule has 0 spiro atoms. The first-order chi connectivity index (χ1) is 8.33. The number of aliphatic hydroxyl groups is 1. The van der Waals surface area contributed by atoms with Crippen LogP contribution in [0.1, 0.15) is 44.2 Å². The molecular formula is C15H23NO. The lowest BCUT2D eigenvalue weighted by molar-refractivity contribution is 0.0578. The van der Waals surface area contributed by atoms with Crippen molar-refractivity contribution in [3.05, 3.63) is 35.9 Å². The van der Waals surface area contributed by atoms with Gasteiger partial charge in [0.25, 0.3) is 0 Å². The van der Waals surface area contributed by atoms with E-state index < -0.39 is 0 Å². The molecule has 0 unspecified atom stereocenters. The molecule has 1 aliphatic rings. The SMILES string of the molecule is CCC[C@@H](O)[C@@H]1CCCN[C@@H]1c1ccccc1. The first-order valence-electron chi connectivity index (χ1n) is 6.79. The van der Waals surface area contributed by atoms with E-state index in [4.69, 9.17) is 0 Å². The van der Waals surface area contributed by atoms with Crippen LogP contribution in [0.2, 0.25) is 0 Å². The van der Waals surface area contributed by atoms with Crippen LogP contribution in [0, 0.1) is 5.92 Å². The van der Waals surface area contributed by atoms with Gasteiger partial charge in [-0.05, 0) is 31.4 Å². The summed E-state index contributed by atoms with van der Waals surface area (Å²) in [5.74, 6) is 0.367. The third-order valence-corrected chi connectivity index (χ3v) is 3.74. The molecule has 1 saturated heterocycles. The summed E-state index contributed by atoms with van der Waals surface area (Å²) in [6.07, 6.45) is 4.11. The van der Waals surface area contributed by atoms with Crippen molar-refractivity contribution in [2.75, 3.05) is 6.54 Å². The van der Waals surface area contributed by atoms with Gasteiger partial charge in [-0.1, -0.05) is 43.7 Å². The molecule has 0 bridgehead atoms. The van der Waals surface area contributed by atoms with Crippen molar-refractivity contribution in [3.63, 3.8) is 0 Å². The van der Waals surface area contributed by atoms with E-state index in [2.05, 4.69) is 36.5 Å². The number of benzene rings is 1. The third kappa shape index (κ3) is 3.08. The Hall–Kier alpha value is -0.860. The van der Waals surface area contributed by atoms with Gasteiger partial charge in [0, 0.05) is 12.0 Å². The lowest BCUT2D eigenvalue weighted by Crippen LogP contribution is -2.40. The second-order valence-corrected chi connectivity index (χ2v) is 5.00. The Bertz CT molecular complexity index is 325. The van der Waals surface area contributed by atoms with E-state index in [-0.39, 0.29) is 6.10 Å². The third-order valence-electron chi connectivity index (χ3n) is 3.74. The lowest BCUT2D eigenvalue weighted by atomic mass is 9.81. The van der Waals surface area contributed by atoms with Crippen LogP contribution in [-0.4, -0.2) is 17.8 Å². The number of rotatable bonds is 4. The van der Waals surface area contributed by atoms with E-state index in [0.29, 0.717) is 12.0 Å². The van der Waals surface area contributed by atoms with Gasteiger partial charge in [0.2, 0.25) is 0 Å². The fraction of sp³-hybridized carbons (Fsp3) is 0.600. The van der Waals surface area contributed by atoms with Crippen LogP contribution in [0.5, 0.6) is 0 Å². The minimum absolute atomic E-state index is 0.169. The van der Waals surface area contributed by atoms with Gasteiger partial charge < -0.3 is 10.4 Å². The average Bonchev–Trinajstić information content (AvgIpc) is 2.40. The average molecular weight is 233 g/mol. The Balaban J connectivity index is 2.12. The van der Waals surface area contributed by atoms with Crippen LogP contribution in [0.25, 0.3) is 0 Å². The maximum absolute atomic E-state index is 10.3. The van der Waals surface area contributed by atoms with Gasteiger partial charge in [0.05, 0.1) is 6.10 Å². The van der Waals surface area contributed by atoms with Crippen LogP contribution < -0.4 is 5.32 Å². The van der Waals surface area contributed by atoms with Crippen LogP contribution in [-0.2, 0) is 0 Å². The molecule has 1 heterocycles.